The first-order valence-electron chi connectivity index (χ1n) is 5.94. The number of fused-ring (bicyclic) bond motifs is 1. The molecule has 2 aromatic heterocycles. The van der Waals surface area contributed by atoms with Crippen molar-refractivity contribution in [1.29, 1.82) is 0 Å². The van der Waals surface area contributed by atoms with Crippen molar-refractivity contribution < 1.29 is 0 Å². The molecular weight excluding hydrogens is 308 g/mol. The van der Waals surface area contributed by atoms with Crippen molar-refractivity contribution in [2.75, 3.05) is 6.26 Å². The molecule has 0 saturated heterocycles. The predicted octanol–water partition coefficient (Wildman–Crippen LogP) is 3.42. The van der Waals surface area contributed by atoms with Crippen molar-refractivity contribution in [2.45, 2.75) is 20.1 Å². The summed E-state index contributed by atoms with van der Waals surface area (Å²) in [5, 5.41) is 9.46. The van der Waals surface area contributed by atoms with Gasteiger partial charge in [0.1, 0.15) is 0 Å². The summed E-state index contributed by atoms with van der Waals surface area (Å²) < 4.78 is 1.90. The number of hydrogen-bond acceptors (Lipinski definition) is 7. The first kappa shape index (κ1) is 13.8. The number of nitrogens with two attached hydrogens (primary N) is 1. The number of rotatable bonds is 4. The van der Waals surface area contributed by atoms with Crippen molar-refractivity contribution in [2.24, 2.45) is 5.73 Å². The van der Waals surface area contributed by atoms with E-state index in [4.69, 9.17) is 5.73 Å². The van der Waals surface area contributed by atoms with E-state index in [1.54, 1.807) is 34.9 Å². The SMILES string of the molecule is CSc1nnc(Sc2c(CN)cnc3ccccc23)s1. The highest BCUT2D eigenvalue weighted by Gasteiger charge is 2.12. The molecule has 0 bridgehead atoms. The fourth-order valence-electron chi connectivity index (χ4n) is 1.83. The minimum Gasteiger partial charge on any atom is -0.326 e. The minimum atomic E-state index is 0.467. The summed E-state index contributed by atoms with van der Waals surface area (Å²) in [7, 11) is 0. The molecule has 0 radical (unpaired) electrons. The molecule has 2 heterocycles. The van der Waals surface area contributed by atoms with Gasteiger partial charge >= 0.3 is 0 Å². The van der Waals surface area contributed by atoms with Crippen LogP contribution in [-0.4, -0.2) is 21.4 Å². The molecule has 7 heteroatoms. The van der Waals surface area contributed by atoms with Crippen LogP contribution in [0.1, 0.15) is 5.56 Å². The largest absolute Gasteiger partial charge is 0.326 e. The van der Waals surface area contributed by atoms with Gasteiger partial charge in [-0.3, -0.25) is 4.98 Å². The molecule has 3 aromatic rings. The summed E-state index contributed by atoms with van der Waals surface area (Å²) >= 11 is 4.82. The van der Waals surface area contributed by atoms with E-state index in [1.165, 1.54) is 0 Å². The molecule has 0 spiro atoms. The maximum Gasteiger partial charge on any atom is 0.179 e. The maximum absolute atomic E-state index is 5.84. The van der Waals surface area contributed by atoms with Gasteiger partial charge in [-0.2, -0.15) is 0 Å². The van der Waals surface area contributed by atoms with E-state index in [0.717, 1.165) is 30.0 Å². The maximum atomic E-state index is 5.84. The Balaban J connectivity index is 2.08. The van der Waals surface area contributed by atoms with E-state index < -0.39 is 0 Å². The number of thioether (sulfide) groups is 1. The van der Waals surface area contributed by atoms with Crippen molar-refractivity contribution in [3.8, 4) is 0 Å². The van der Waals surface area contributed by atoms with Gasteiger partial charge in [-0.1, -0.05) is 53.1 Å². The summed E-state index contributed by atoms with van der Waals surface area (Å²) in [6.07, 6.45) is 3.85. The standard InChI is InChI=1S/C13H12N4S3/c1-18-12-16-17-13(20-12)19-11-8(6-14)7-15-10-5-3-2-4-9(10)11/h2-5,7H,6,14H2,1H3. The molecule has 2 N–H and O–H groups in total. The zero-order valence-electron chi connectivity index (χ0n) is 10.7. The van der Waals surface area contributed by atoms with E-state index >= 15 is 0 Å². The van der Waals surface area contributed by atoms with Crippen LogP contribution in [0.4, 0.5) is 0 Å². The third-order valence-corrected chi connectivity index (χ3v) is 5.91. The number of hydrogen-bond donors (Lipinski definition) is 1. The van der Waals surface area contributed by atoms with Crippen molar-refractivity contribution in [3.05, 3.63) is 36.0 Å². The van der Waals surface area contributed by atoms with E-state index in [2.05, 4.69) is 21.2 Å². The summed E-state index contributed by atoms with van der Waals surface area (Å²) in [5.41, 5.74) is 7.85. The quantitative estimate of drug-likeness (QED) is 0.743. The zero-order chi connectivity index (χ0) is 13.9. The van der Waals surface area contributed by atoms with Crippen LogP contribution in [0.2, 0.25) is 0 Å². The number of benzene rings is 1. The second-order valence-corrected chi connectivity index (χ2v) is 7.26. The lowest BCUT2D eigenvalue weighted by Crippen LogP contribution is -2.00. The molecule has 0 unspecified atom stereocenters. The molecular formula is C13H12N4S3. The van der Waals surface area contributed by atoms with Gasteiger partial charge in [0, 0.05) is 23.0 Å². The normalized spacial score (nSPS) is 11.1. The van der Waals surface area contributed by atoms with E-state index in [-0.39, 0.29) is 0 Å². The van der Waals surface area contributed by atoms with Crippen LogP contribution in [0, 0.1) is 0 Å². The van der Waals surface area contributed by atoms with Gasteiger partial charge in [-0.05, 0) is 17.9 Å². The molecule has 3 rings (SSSR count). The van der Waals surface area contributed by atoms with Gasteiger partial charge in [-0.15, -0.1) is 10.2 Å². The third-order valence-electron chi connectivity index (χ3n) is 2.77. The highest BCUT2D eigenvalue weighted by atomic mass is 32.2. The fraction of sp³-hybridized carbons (Fsp3) is 0.154. The van der Waals surface area contributed by atoms with Gasteiger partial charge in [0.15, 0.2) is 8.68 Å². The highest BCUT2D eigenvalue weighted by molar-refractivity contribution is 8.03. The summed E-state index contributed by atoms with van der Waals surface area (Å²) in [6.45, 7) is 0.467. The van der Waals surface area contributed by atoms with Crippen molar-refractivity contribution in [3.63, 3.8) is 0 Å². The van der Waals surface area contributed by atoms with Gasteiger partial charge in [0.25, 0.3) is 0 Å². The predicted molar refractivity (Wildman–Crippen MR) is 85.4 cm³/mol. The van der Waals surface area contributed by atoms with Crippen LogP contribution in [0.5, 0.6) is 0 Å². The average molecular weight is 320 g/mol. The topological polar surface area (TPSA) is 64.7 Å². The number of nitrogens with zero attached hydrogens (tertiary/aromatic N) is 3. The Labute approximate surface area is 129 Å². The summed E-state index contributed by atoms with van der Waals surface area (Å²) in [5.74, 6) is 0. The van der Waals surface area contributed by atoms with E-state index in [0.29, 0.717) is 6.54 Å². The lowest BCUT2D eigenvalue weighted by atomic mass is 10.1. The summed E-state index contributed by atoms with van der Waals surface area (Å²) in [4.78, 5) is 5.57. The monoisotopic (exact) mass is 320 g/mol. The molecule has 1 aromatic carbocycles. The van der Waals surface area contributed by atoms with Gasteiger partial charge in [0.05, 0.1) is 5.52 Å². The number of pyridine rings is 1. The first-order valence-corrected chi connectivity index (χ1v) is 8.79. The van der Waals surface area contributed by atoms with Crippen molar-refractivity contribution >= 4 is 45.8 Å². The third kappa shape index (κ3) is 2.67. The lowest BCUT2D eigenvalue weighted by Gasteiger charge is -2.08. The fourth-order valence-corrected chi connectivity index (χ4v) is 4.45. The van der Waals surface area contributed by atoms with E-state index in [1.807, 2.05) is 30.7 Å². The molecule has 0 saturated carbocycles. The number of aromatic nitrogens is 3. The van der Waals surface area contributed by atoms with Gasteiger partial charge in [-0.25, -0.2) is 0 Å². The Bertz CT molecular complexity index is 741. The molecule has 0 atom stereocenters. The average Bonchev–Trinajstić information content (AvgIpc) is 2.95. The Kier molecular flexibility index (Phi) is 4.21. The van der Waals surface area contributed by atoms with Gasteiger partial charge in [0.2, 0.25) is 0 Å². The summed E-state index contributed by atoms with van der Waals surface area (Å²) in [6, 6.07) is 8.08. The molecule has 102 valence electrons. The lowest BCUT2D eigenvalue weighted by molar-refractivity contribution is 0.954. The van der Waals surface area contributed by atoms with Gasteiger partial charge < -0.3 is 5.73 Å². The Morgan fingerprint density at radius 1 is 1.20 bits per heavy atom. The molecule has 0 amide bonds. The number of para-hydroxylation sites is 1. The smallest absolute Gasteiger partial charge is 0.179 e. The second kappa shape index (κ2) is 6.09. The molecule has 0 aliphatic rings. The second-order valence-electron chi connectivity index (χ2n) is 3.97. The van der Waals surface area contributed by atoms with Crippen molar-refractivity contribution in [1.82, 2.24) is 15.2 Å². The molecule has 0 aliphatic heterocycles. The zero-order valence-corrected chi connectivity index (χ0v) is 13.2. The van der Waals surface area contributed by atoms with Crippen LogP contribution in [0.15, 0.2) is 44.0 Å². The Morgan fingerprint density at radius 2 is 2.00 bits per heavy atom. The molecule has 0 fully saturated rings. The highest BCUT2D eigenvalue weighted by Crippen LogP contribution is 2.38. The van der Waals surface area contributed by atoms with Crippen LogP contribution in [-0.2, 0) is 6.54 Å². The molecule has 20 heavy (non-hydrogen) atoms. The van der Waals surface area contributed by atoms with E-state index in [9.17, 15) is 0 Å². The minimum absolute atomic E-state index is 0.467. The molecule has 4 nitrogen and oxygen atoms in total. The van der Waals surface area contributed by atoms with Crippen LogP contribution >= 0.6 is 34.9 Å². The van der Waals surface area contributed by atoms with Crippen LogP contribution in [0.25, 0.3) is 10.9 Å². The van der Waals surface area contributed by atoms with Crippen LogP contribution < -0.4 is 5.73 Å². The molecule has 0 aliphatic carbocycles. The Morgan fingerprint density at radius 3 is 2.75 bits per heavy atom. The van der Waals surface area contributed by atoms with Crippen LogP contribution in [0.3, 0.4) is 0 Å². The Hall–Kier alpha value is -1.15. The first-order chi connectivity index (χ1) is 9.81.